The van der Waals surface area contributed by atoms with Gasteiger partial charge in [-0.05, 0) is 11.6 Å². The molecular formula is C12H10ClN3O. The number of nitrogens with zero attached hydrogens (tertiary/aromatic N) is 3. The van der Waals surface area contributed by atoms with Crippen molar-refractivity contribution in [2.45, 2.75) is 6.42 Å². The fraction of sp³-hybridized carbons (Fsp3) is 0.250. The number of hydrogen-bond donors (Lipinski definition) is 0. The fourth-order valence-corrected chi connectivity index (χ4v) is 1.52. The van der Waals surface area contributed by atoms with Crippen LogP contribution in [0.15, 0.2) is 24.3 Å². The molecule has 0 unspecified atom stereocenters. The van der Waals surface area contributed by atoms with Gasteiger partial charge in [-0.3, -0.25) is 4.79 Å². The zero-order valence-electron chi connectivity index (χ0n) is 9.06. The summed E-state index contributed by atoms with van der Waals surface area (Å²) in [5.74, 6) is -0.277. The van der Waals surface area contributed by atoms with Gasteiger partial charge in [-0.2, -0.15) is 10.5 Å². The van der Waals surface area contributed by atoms with Gasteiger partial charge in [0.2, 0.25) is 5.91 Å². The number of carbonyl (C=O) groups excluding carboxylic acids is 1. The predicted octanol–water partition coefficient (Wildman–Crippen LogP) is 1.76. The van der Waals surface area contributed by atoms with Gasteiger partial charge < -0.3 is 4.90 Å². The van der Waals surface area contributed by atoms with E-state index in [1.54, 1.807) is 24.3 Å². The lowest BCUT2D eigenvalue weighted by molar-refractivity contribution is -0.129. The first-order valence-corrected chi connectivity index (χ1v) is 5.32. The molecule has 0 radical (unpaired) electrons. The van der Waals surface area contributed by atoms with E-state index in [4.69, 9.17) is 22.1 Å². The largest absolute Gasteiger partial charge is 0.316 e. The minimum Gasteiger partial charge on any atom is -0.316 e. The lowest BCUT2D eigenvalue weighted by Crippen LogP contribution is -2.33. The van der Waals surface area contributed by atoms with Gasteiger partial charge in [0.05, 0.1) is 18.6 Å². The molecule has 0 N–H and O–H groups in total. The summed E-state index contributed by atoms with van der Waals surface area (Å²) in [7, 11) is 0. The molecule has 5 heteroatoms. The van der Waals surface area contributed by atoms with Crippen molar-refractivity contribution in [1.82, 2.24) is 4.90 Å². The van der Waals surface area contributed by atoms with E-state index >= 15 is 0 Å². The average molecular weight is 248 g/mol. The van der Waals surface area contributed by atoms with Crippen LogP contribution in [0.2, 0.25) is 5.02 Å². The first-order chi connectivity index (χ1) is 8.19. The molecule has 0 bridgehead atoms. The molecule has 1 amide bonds. The van der Waals surface area contributed by atoms with E-state index in [0.29, 0.717) is 10.6 Å². The van der Waals surface area contributed by atoms with Gasteiger partial charge in [0.1, 0.15) is 13.1 Å². The summed E-state index contributed by atoms with van der Waals surface area (Å²) >= 11 is 5.93. The Morgan fingerprint density at radius 2 is 1.82 bits per heavy atom. The van der Waals surface area contributed by atoms with E-state index in [-0.39, 0.29) is 25.4 Å². The Balaban J connectivity index is 2.75. The van der Waals surface area contributed by atoms with Gasteiger partial charge in [0.15, 0.2) is 0 Å². The zero-order valence-corrected chi connectivity index (χ0v) is 9.81. The predicted molar refractivity (Wildman–Crippen MR) is 63.0 cm³/mol. The van der Waals surface area contributed by atoms with Crippen molar-refractivity contribution in [3.05, 3.63) is 34.9 Å². The molecule has 17 heavy (non-hydrogen) atoms. The van der Waals surface area contributed by atoms with Crippen LogP contribution in [0.1, 0.15) is 5.56 Å². The van der Waals surface area contributed by atoms with Crippen LogP contribution in [0.4, 0.5) is 0 Å². The second kappa shape index (κ2) is 6.52. The summed E-state index contributed by atoms with van der Waals surface area (Å²) < 4.78 is 0. The number of halogens is 1. The third kappa shape index (κ3) is 3.79. The van der Waals surface area contributed by atoms with Crippen molar-refractivity contribution >= 4 is 17.5 Å². The Morgan fingerprint density at radius 1 is 1.24 bits per heavy atom. The quantitative estimate of drug-likeness (QED) is 0.762. The van der Waals surface area contributed by atoms with Crippen LogP contribution < -0.4 is 0 Å². The van der Waals surface area contributed by atoms with Gasteiger partial charge >= 0.3 is 0 Å². The average Bonchev–Trinajstić information content (AvgIpc) is 2.32. The minimum absolute atomic E-state index is 0.0865. The number of carbonyl (C=O) groups is 1. The SMILES string of the molecule is N#CCN(CC#N)C(=O)Cc1ccccc1Cl. The molecule has 86 valence electrons. The molecular weight excluding hydrogens is 238 g/mol. The molecule has 0 aliphatic heterocycles. The van der Waals surface area contributed by atoms with Gasteiger partial charge in [-0.25, -0.2) is 0 Å². The van der Waals surface area contributed by atoms with Crippen molar-refractivity contribution in [2.75, 3.05) is 13.1 Å². The maximum Gasteiger partial charge on any atom is 0.228 e. The molecule has 0 aliphatic carbocycles. The third-order valence-corrected chi connectivity index (χ3v) is 2.54. The van der Waals surface area contributed by atoms with E-state index in [2.05, 4.69) is 0 Å². The Morgan fingerprint density at radius 3 is 2.35 bits per heavy atom. The van der Waals surface area contributed by atoms with Gasteiger partial charge in [0, 0.05) is 5.02 Å². The number of benzene rings is 1. The van der Waals surface area contributed by atoms with Crippen molar-refractivity contribution in [2.24, 2.45) is 0 Å². The molecule has 0 saturated heterocycles. The summed E-state index contributed by atoms with van der Waals surface area (Å²) in [6.07, 6.45) is 0.100. The second-order valence-electron chi connectivity index (χ2n) is 3.33. The molecule has 1 aromatic carbocycles. The normalized spacial score (nSPS) is 9.12. The van der Waals surface area contributed by atoms with Crippen molar-refractivity contribution in [1.29, 1.82) is 10.5 Å². The van der Waals surface area contributed by atoms with E-state index in [1.807, 2.05) is 12.1 Å². The van der Waals surface area contributed by atoms with Crippen LogP contribution in [0.25, 0.3) is 0 Å². The van der Waals surface area contributed by atoms with Crippen LogP contribution in [-0.2, 0) is 11.2 Å². The number of hydrogen-bond acceptors (Lipinski definition) is 3. The van der Waals surface area contributed by atoms with Crippen LogP contribution in [-0.4, -0.2) is 23.9 Å². The molecule has 1 rings (SSSR count). The zero-order chi connectivity index (χ0) is 12.7. The van der Waals surface area contributed by atoms with Crippen molar-refractivity contribution in [3.63, 3.8) is 0 Å². The molecule has 0 aromatic heterocycles. The first kappa shape index (κ1) is 13.0. The summed E-state index contributed by atoms with van der Waals surface area (Å²) in [4.78, 5) is 13.0. The molecule has 0 aliphatic rings. The fourth-order valence-electron chi connectivity index (χ4n) is 1.32. The summed E-state index contributed by atoms with van der Waals surface area (Å²) in [5, 5.41) is 17.6. The van der Waals surface area contributed by atoms with E-state index in [1.165, 1.54) is 4.90 Å². The minimum atomic E-state index is -0.277. The Kier molecular flexibility index (Phi) is 5.00. The summed E-state index contributed by atoms with van der Waals surface area (Å²) in [6.45, 7) is -0.173. The maximum atomic E-state index is 11.8. The van der Waals surface area contributed by atoms with Gasteiger partial charge in [0.25, 0.3) is 0 Å². The highest BCUT2D eigenvalue weighted by molar-refractivity contribution is 6.31. The highest BCUT2D eigenvalue weighted by Gasteiger charge is 2.14. The smallest absolute Gasteiger partial charge is 0.228 e. The molecule has 0 heterocycles. The summed E-state index contributed by atoms with van der Waals surface area (Å²) in [6, 6.07) is 10.7. The standard InChI is InChI=1S/C12H10ClN3O/c13-11-4-2-1-3-10(11)9-12(17)16(7-5-14)8-6-15/h1-4H,7-9H2. The molecule has 0 atom stereocenters. The van der Waals surface area contributed by atoms with E-state index in [0.717, 1.165) is 0 Å². The second-order valence-corrected chi connectivity index (χ2v) is 3.74. The molecule has 0 fully saturated rings. The van der Waals surface area contributed by atoms with Crippen LogP contribution in [0.3, 0.4) is 0 Å². The Hall–Kier alpha value is -2.04. The lowest BCUT2D eigenvalue weighted by atomic mass is 10.1. The summed E-state index contributed by atoms with van der Waals surface area (Å²) in [5.41, 5.74) is 0.694. The van der Waals surface area contributed by atoms with Crippen LogP contribution in [0.5, 0.6) is 0 Å². The van der Waals surface area contributed by atoms with Gasteiger partial charge in [-0.1, -0.05) is 29.8 Å². The van der Waals surface area contributed by atoms with Gasteiger partial charge in [-0.15, -0.1) is 0 Å². The Labute approximate surface area is 105 Å². The van der Waals surface area contributed by atoms with Crippen molar-refractivity contribution < 1.29 is 4.79 Å². The molecule has 1 aromatic rings. The Bertz CT molecular complexity index is 471. The highest BCUT2D eigenvalue weighted by atomic mass is 35.5. The highest BCUT2D eigenvalue weighted by Crippen LogP contribution is 2.16. The molecule has 0 spiro atoms. The van der Waals surface area contributed by atoms with E-state index in [9.17, 15) is 4.79 Å². The topological polar surface area (TPSA) is 67.9 Å². The van der Waals surface area contributed by atoms with E-state index < -0.39 is 0 Å². The number of rotatable bonds is 4. The van der Waals surface area contributed by atoms with Crippen LogP contribution >= 0.6 is 11.6 Å². The molecule has 4 nitrogen and oxygen atoms in total. The first-order valence-electron chi connectivity index (χ1n) is 4.94. The third-order valence-electron chi connectivity index (χ3n) is 2.18. The number of nitriles is 2. The van der Waals surface area contributed by atoms with Crippen molar-refractivity contribution in [3.8, 4) is 12.1 Å². The van der Waals surface area contributed by atoms with Crippen LogP contribution in [0, 0.1) is 22.7 Å². The number of amides is 1. The maximum absolute atomic E-state index is 11.8. The lowest BCUT2D eigenvalue weighted by Gasteiger charge is -2.15. The molecule has 0 saturated carbocycles. The monoisotopic (exact) mass is 247 g/mol.